The van der Waals surface area contributed by atoms with Gasteiger partial charge in [0.15, 0.2) is 0 Å². The molecule has 1 aromatic rings. The first-order valence-electron chi connectivity index (χ1n) is 8.14. The molecule has 0 radical (unpaired) electrons. The Labute approximate surface area is 127 Å². The lowest BCUT2D eigenvalue weighted by Gasteiger charge is -2.26. The number of rotatable bonds is 5. The van der Waals surface area contributed by atoms with Crippen molar-refractivity contribution in [2.45, 2.75) is 52.0 Å². The van der Waals surface area contributed by atoms with Crippen LogP contribution >= 0.6 is 0 Å². The third-order valence-electron chi connectivity index (χ3n) is 5.21. The number of fused-ring (bicyclic) bond motifs is 1. The van der Waals surface area contributed by atoms with Gasteiger partial charge in [0, 0.05) is 11.7 Å². The van der Waals surface area contributed by atoms with Crippen LogP contribution in [0.4, 0.5) is 5.69 Å². The van der Waals surface area contributed by atoms with Gasteiger partial charge in [-0.05, 0) is 62.3 Å². The van der Waals surface area contributed by atoms with Gasteiger partial charge in [-0.2, -0.15) is 0 Å². The molecule has 0 bridgehead atoms. The second-order valence-corrected chi connectivity index (χ2v) is 7.12. The molecule has 0 saturated heterocycles. The standard InChI is InChI=1S/C18H26N2O/c1-5-19-16(11(2)12-6-7-12)13-8-9-15-14(10-13)18(3,4)17(21)20-15/h8-12,16,19H,5-7H2,1-4H3,(H,20,21). The highest BCUT2D eigenvalue weighted by Crippen LogP contribution is 2.44. The van der Waals surface area contributed by atoms with E-state index in [4.69, 9.17) is 0 Å². The molecule has 21 heavy (non-hydrogen) atoms. The van der Waals surface area contributed by atoms with Gasteiger partial charge < -0.3 is 10.6 Å². The summed E-state index contributed by atoms with van der Waals surface area (Å²) >= 11 is 0. The summed E-state index contributed by atoms with van der Waals surface area (Å²) in [7, 11) is 0. The fraction of sp³-hybridized carbons (Fsp3) is 0.611. The molecule has 3 heteroatoms. The molecule has 114 valence electrons. The van der Waals surface area contributed by atoms with Crippen LogP contribution in [0.25, 0.3) is 0 Å². The van der Waals surface area contributed by atoms with Gasteiger partial charge in [-0.1, -0.05) is 26.0 Å². The Hall–Kier alpha value is -1.35. The summed E-state index contributed by atoms with van der Waals surface area (Å²) in [5.41, 5.74) is 3.00. The molecule has 2 atom stereocenters. The Morgan fingerprint density at radius 1 is 1.38 bits per heavy atom. The number of amides is 1. The largest absolute Gasteiger partial charge is 0.325 e. The van der Waals surface area contributed by atoms with Gasteiger partial charge >= 0.3 is 0 Å². The molecule has 1 aliphatic carbocycles. The van der Waals surface area contributed by atoms with Crippen LogP contribution in [0.3, 0.4) is 0 Å². The topological polar surface area (TPSA) is 41.1 Å². The van der Waals surface area contributed by atoms with E-state index < -0.39 is 5.41 Å². The number of carbonyl (C=O) groups is 1. The van der Waals surface area contributed by atoms with Crippen molar-refractivity contribution < 1.29 is 4.79 Å². The van der Waals surface area contributed by atoms with Crippen molar-refractivity contribution in [1.82, 2.24) is 5.32 Å². The van der Waals surface area contributed by atoms with Crippen molar-refractivity contribution in [3.05, 3.63) is 29.3 Å². The summed E-state index contributed by atoms with van der Waals surface area (Å²) in [5, 5.41) is 6.64. The Kier molecular flexibility index (Phi) is 3.56. The zero-order chi connectivity index (χ0) is 15.2. The molecule has 2 unspecified atom stereocenters. The highest BCUT2D eigenvalue weighted by atomic mass is 16.2. The molecule has 2 N–H and O–H groups in total. The first kappa shape index (κ1) is 14.6. The van der Waals surface area contributed by atoms with Gasteiger partial charge in [0.2, 0.25) is 5.91 Å². The maximum absolute atomic E-state index is 12.1. The van der Waals surface area contributed by atoms with Gasteiger partial charge in [-0.3, -0.25) is 4.79 Å². The van der Waals surface area contributed by atoms with E-state index in [9.17, 15) is 4.79 Å². The van der Waals surface area contributed by atoms with Crippen LogP contribution in [-0.2, 0) is 10.2 Å². The first-order chi connectivity index (χ1) is 9.95. The van der Waals surface area contributed by atoms with Crippen molar-refractivity contribution >= 4 is 11.6 Å². The fourth-order valence-electron chi connectivity index (χ4n) is 3.50. The molecule has 3 nitrogen and oxygen atoms in total. The maximum atomic E-state index is 12.1. The summed E-state index contributed by atoms with van der Waals surface area (Å²) in [6.07, 6.45) is 2.72. The molecular weight excluding hydrogens is 260 g/mol. The second kappa shape index (κ2) is 5.13. The van der Waals surface area contributed by atoms with Crippen LogP contribution in [0.5, 0.6) is 0 Å². The molecule has 1 aromatic carbocycles. The average molecular weight is 286 g/mol. The van der Waals surface area contributed by atoms with E-state index in [0.29, 0.717) is 12.0 Å². The van der Waals surface area contributed by atoms with Gasteiger partial charge in [0.1, 0.15) is 0 Å². The first-order valence-corrected chi connectivity index (χ1v) is 8.14. The maximum Gasteiger partial charge on any atom is 0.234 e. The van der Waals surface area contributed by atoms with E-state index in [1.165, 1.54) is 18.4 Å². The molecule has 0 spiro atoms. The molecule has 1 amide bonds. The van der Waals surface area contributed by atoms with Gasteiger partial charge in [-0.25, -0.2) is 0 Å². The number of hydrogen-bond acceptors (Lipinski definition) is 2. The summed E-state index contributed by atoms with van der Waals surface area (Å²) in [6, 6.07) is 6.87. The molecule has 1 aliphatic heterocycles. The van der Waals surface area contributed by atoms with Crippen molar-refractivity contribution in [2.75, 3.05) is 11.9 Å². The molecular formula is C18H26N2O. The molecule has 3 rings (SSSR count). The van der Waals surface area contributed by atoms with Crippen LogP contribution in [0.1, 0.15) is 57.7 Å². The van der Waals surface area contributed by atoms with Crippen molar-refractivity contribution in [3.63, 3.8) is 0 Å². The minimum Gasteiger partial charge on any atom is -0.325 e. The quantitative estimate of drug-likeness (QED) is 0.868. The Morgan fingerprint density at radius 3 is 2.71 bits per heavy atom. The average Bonchev–Trinajstić information content (AvgIpc) is 3.26. The summed E-state index contributed by atoms with van der Waals surface area (Å²) in [6.45, 7) is 9.50. The SMILES string of the molecule is CCNC(c1ccc2c(c1)C(C)(C)C(=O)N2)C(C)C1CC1. The van der Waals surface area contributed by atoms with E-state index in [-0.39, 0.29) is 5.91 Å². The smallest absolute Gasteiger partial charge is 0.234 e. The molecule has 1 saturated carbocycles. The van der Waals surface area contributed by atoms with Crippen LogP contribution in [-0.4, -0.2) is 12.5 Å². The lowest BCUT2D eigenvalue weighted by atomic mass is 9.83. The Morgan fingerprint density at radius 2 is 2.10 bits per heavy atom. The van der Waals surface area contributed by atoms with Crippen LogP contribution in [0.15, 0.2) is 18.2 Å². The van der Waals surface area contributed by atoms with E-state index >= 15 is 0 Å². The molecule has 1 fully saturated rings. The van der Waals surface area contributed by atoms with Crippen LogP contribution in [0, 0.1) is 11.8 Å². The minimum atomic E-state index is -0.426. The number of benzene rings is 1. The molecule has 0 aromatic heterocycles. The minimum absolute atomic E-state index is 0.102. The van der Waals surface area contributed by atoms with Gasteiger partial charge in [0.25, 0.3) is 0 Å². The zero-order valence-electron chi connectivity index (χ0n) is 13.5. The number of carbonyl (C=O) groups excluding carboxylic acids is 1. The Bertz CT molecular complexity index is 560. The van der Waals surface area contributed by atoms with E-state index in [0.717, 1.165) is 23.7 Å². The normalized spacial score (nSPS) is 22.6. The highest BCUT2D eigenvalue weighted by molar-refractivity contribution is 6.05. The third kappa shape index (κ3) is 2.48. The summed E-state index contributed by atoms with van der Waals surface area (Å²) in [4.78, 5) is 12.1. The van der Waals surface area contributed by atoms with E-state index in [1.54, 1.807) is 0 Å². The monoisotopic (exact) mass is 286 g/mol. The van der Waals surface area contributed by atoms with Crippen molar-refractivity contribution in [1.29, 1.82) is 0 Å². The second-order valence-electron chi connectivity index (χ2n) is 7.12. The van der Waals surface area contributed by atoms with Gasteiger partial charge in [-0.15, -0.1) is 0 Å². The fourth-order valence-corrected chi connectivity index (χ4v) is 3.50. The summed E-state index contributed by atoms with van der Waals surface area (Å²) < 4.78 is 0. The van der Waals surface area contributed by atoms with Crippen LogP contribution < -0.4 is 10.6 Å². The predicted molar refractivity (Wildman–Crippen MR) is 86.4 cm³/mol. The van der Waals surface area contributed by atoms with E-state index in [2.05, 4.69) is 42.7 Å². The number of nitrogens with one attached hydrogen (secondary N) is 2. The van der Waals surface area contributed by atoms with Gasteiger partial charge in [0.05, 0.1) is 5.41 Å². The number of hydrogen-bond donors (Lipinski definition) is 2. The van der Waals surface area contributed by atoms with Crippen LogP contribution in [0.2, 0.25) is 0 Å². The zero-order valence-corrected chi connectivity index (χ0v) is 13.5. The lowest BCUT2D eigenvalue weighted by molar-refractivity contribution is -0.119. The molecule has 2 aliphatic rings. The van der Waals surface area contributed by atoms with Crippen molar-refractivity contribution in [2.24, 2.45) is 11.8 Å². The number of anilines is 1. The summed E-state index contributed by atoms with van der Waals surface area (Å²) in [5.74, 6) is 1.61. The predicted octanol–water partition coefficient (Wildman–Crippen LogP) is 3.61. The lowest BCUT2D eigenvalue weighted by Crippen LogP contribution is -2.29. The Balaban J connectivity index is 1.95. The van der Waals surface area contributed by atoms with E-state index in [1.807, 2.05) is 13.8 Å². The van der Waals surface area contributed by atoms with Crippen molar-refractivity contribution in [3.8, 4) is 0 Å². The third-order valence-corrected chi connectivity index (χ3v) is 5.21. The highest BCUT2D eigenvalue weighted by Gasteiger charge is 2.39. The molecule has 1 heterocycles.